The van der Waals surface area contributed by atoms with Gasteiger partial charge in [0.05, 0.1) is 6.34 Å². The van der Waals surface area contributed by atoms with Gasteiger partial charge in [0.25, 0.3) is 0 Å². The van der Waals surface area contributed by atoms with Crippen molar-refractivity contribution in [2.24, 2.45) is 5.92 Å². The zero-order chi connectivity index (χ0) is 14.9. The molecule has 4 nitrogen and oxygen atoms in total. The third-order valence-electron chi connectivity index (χ3n) is 3.73. The van der Waals surface area contributed by atoms with Gasteiger partial charge in [0.1, 0.15) is 5.84 Å². The molecule has 1 atom stereocenters. The number of nitrogens with zero attached hydrogens (tertiary/aromatic N) is 1. The van der Waals surface area contributed by atoms with Crippen LogP contribution < -0.4 is 5.73 Å². The number of likely N-dealkylation sites (N-methyl/N-ethyl adjacent to an activating group) is 1. The lowest BCUT2D eigenvalue weighted by molar-refractivity contribution is -0.112. The van der Waals surface area contributed by atoms with Crippen LogP contribution in [0, 0.1) is 16.7 Å². The molecule has 1 aromatic carbocycles. The molecule has 0 aliphatic heterocycles. The lowest BCUT2D eigenvalue weighted by atomic mass is 9.70. The Bertz CT molecular complexity index is 522. The molecule has 4 N–H and O–H groups in total. The number of alkyl halides is 2. The molecule has 1 unspecified atom stereocenters. The van der Waals surface area contributed by atoms with Gasteiger partial charge in [-0.3, -0.25) is 10.8 Å². The van der Waals surface area contributed by atoms with Crippen LogP contribution in [0.15, 0.2) is 24.3 Å². The number of anilines is 1. The highest BCUT2D eigenvalue weighted by atomic mass is 19.3. The van der Waals surface area contributed by atoms with Crippen LogP contribution >= 0.6 is 0 Å². The molecule has 0 radical (unpaired) electrons. The molecular formula is C14H18F2N4. The SMILES string of the molecule is CN(C=N)C(=N)C(c1cccc(N)c1)C1CC(F)(F)C1. The number of nitrogen functional groups attached to an aromatic ring is 1. The minimum absolute atomic E-state index is 0.145. The molecule has 0 saturated heterocycles. The Labute approximate surface area is 116 Å². The molecule has 0 heterocycles. The Kier molecular flexibility index (Phi) is 3.74. The second-order valence-electron chi connectivity index (χ2n) is 5.30. The number of hydrogen-bond donors (Lipinski definition) is 3. The van der Waals surface area contributed by atoms with Crippen LogP contribution in [0.2, 0.25) is 0 Å². The van der Waals surface area contributed by atoms with E-state index >= 15 is 0 Å². The highest BCUT2D eigenvalue weighted by Gasteiger charge is 2.50. The lowest BCUT2D eigenvalue weighted by Gasteiger charge is -2.41. The average molecular weight is 280 g/mol. The molecule has 1 saturated carbocycles. The molecular weight excluding hydrogens is 262 g/mol. The topological polar surface area (TPSA) is 77.0 Å². The fraction of sp³-hybridized carbons (Fsp3) is 0.429. The Hall–Kier alpha value is -1.98. The number of hydrogen-bond acceptors (Lipinski definition) is 3. The van der Waals surface area contributed by atoms with Gasteiger partial charge in [-0.25, -0.2) is 8.78 Å². The molecule has 0 spiro atoms. The Balaban J connectivity index is 2.30. The predicted octanol–water partition coefficient (Wildman–Crippen LogP) is 2.91. The van der Waals surface area contributed by atoms with Gasteiger partial charge in [0.15, 0.2) is 0 Å². The zero-order valence-corrected chi connectivity index (χ0v) is 11.2. The smallest absolute Gasteiger partial charge is 0.248 e. The lowest BCUT2D eigenvalue weighted by Crippen LogP contribution is -2.44. The molecule has 1 aliphatic carbocycles. The largest absolute Gasteiger partial charge is 0.399 e. The maximum Gasteiger partial charge on any atom is 0.248 e. The summed E-state index contributed by atoms with van der Waals surface area (Å²) in [5.74, 6) is -3.23. The quantitative estimate of drug-likeness (QED) is 0.450. The minimum Gasteiger partial charge on any atom is -0.399 e. The van der Waals surface area contributed by atoms with Crippen LogP contribution in [0.3, 0.4) is 0 Å². The summed E-state index contributed by atoms with van der Waals surface area (Å²) in [5, 5.41) is 15.4. The van der Waals surface area contributed by atoms with E-state index < -0.39 is 11.8 Å². The fourth-order valence-corrected chi connectivity index (χ4v) is 2.64. The normalized spacial score (nSPS) is 18.9. The van der Waals surface area contributed by atoms with Gasteiger partial charge in [-0.1, -0.05) is 12.1 Å². The number of nitrogens with two attached hydrogens (primary N) is 1. The zero-order valence-electron chi connectivity index (χ0n) is 11.2. The van der Waals surface area contributed by atoms with Crippen LogP contribution in [-0.2, 0) is 0 Å². The molecule has 0 amide bonds. The first-order valence-corrected chi connectivity index (χ1v) is 6.39. The summed E-state index contributed by atoms with van der Waals surface area (Å²) in [6.45, 7) is 0. The minimum atomic E-state index is -2.63. The van der Waals surface area contributed by atoms with Gasteiger partial charge in [-0.15, -0.1) is 0 Å². The average Bonchev–Trinajstić information content (AvgIpc) is 2.36. The standard InChI is InChI=1S/C14H18F2N4/c1-20(8-17)13(19)12(10-6-14(15,16)7-10)9-3-2-4-11(18)5-9/h2-5,8,10,12,17,19H,6-7,18H2,1H3. The van der Waals surface area contributed by atoms with Crippen molar-refractivity contribution in [3.05, 3.63) is 29.8 Å². The molecule has 1 fully saturated rings. The van der Waals surface area contributed by atoms with Gasteiger partial charge in [-0.05, 0) is 23.6 Å². The Morgan fingerprint density at radius 3 is 2.65 bits per heavy atom. The van der Waals surface area contributed by atoms with Crippen LogP contribution in [-0.4, -0.2) is 30.0 Å². The van der Waals surface area contributed by atoms with E-state index in [0.717, 1.165) is 11.9 Å². The second-order valence-corrected chi connectivity index (χ2v) is 5.30. The summed E-state index contributed by atoms with van der Waals surface area (Å²) in [5.41, 5.74) is 7.04. The maximum atomic E-state index is 13.1. The highest BCUT2D eigenvalue weighted by Crippen LogP contribution is 2.49. The monoisotopic (exact) mass is 280 g/mol. The molecule has 2 rings (SSSR count). The van der Waals surface area contributed by atoms with Crippen molar-refractivity contribution in [2.45, 2.75) is 24.7 Å². The summed E-state index contributed by atoms with van der Waals surface area (Å²) >= 11 is 0. The van der Waals surface area contributed by atoms with E-state index in [4.69, 9.17) is 16.6 Å². The van der Waals surface area contributed by atoms with E-state index in [2.05, 4.69) is 0 Å². The molecule has 6 heteroatoms. The number of benzene rings is 1. The fourth-order valence-electron chi connectivity index (χ4n) is 2.64. The van der Waals surface area contributed by atoms with Gasteiger partial charge >= 0.3 is 0 Å². The summed E-state index contributed by atoms with van der Waals surface area (Å²) in [6.07, 6.45) is 0.569. The summed E-state index contributed by atoms with van der Waals surface area (Å²) in [7, 11) is 1.57. The molecule has 1 aliphatic rings. The van der Waals surface area contributed by atoms with E-state index in [1.807, 2.05) is 0 Å². The van der Waals surface area contributed by atoms with E-state index in [-0.39, 0.29) is 24.6 Å². The van der Waals surface area contributed by atoms with E-state index in [1.165, 1.54) is 4.90 Å². The summed E-state index contributed by atoms with van der Waals surface area (Å²) in [6, 6.07) is 6.99. The maximum absolute atomic E-state index is 13.1. The first kappa shape index (κ1) is 14.4. The Morgan fingerprint density at radius 2 is 2.15 bits per heavy atom. The van der Waals surface area contributed by atoms with Gasteiger partial charge in [0, 0.05) is 31.5 Å². The number of halogens is 2. The van der Waals surface area contributed by atoms with E-state index in [9.17, 15) is 8.78 Å². The van der Waals surface area contributed by atoms with Crippen LogP contribution in [0.4, 0.5) is 14.5 Å². The van der Waals surface area contributed by atoms with Gasteiger partial charge in [0.2, 0.25) is 5.92 Å². The van der Waals surface area contributed by atoms with Crippen LogP contribution in [0.5, 0.6) is 0 Å². The first-order chi connectivity index (χ1) is 9.34. The van der Waals surface area contributed by atoms with E-state index in [0.29, 0.717) is 5.69 Å². The molecule has 0 bridgehead atoms. The van der Waals surface area contributed by atoms with Crippen LogP contribution in [0.25, 0.3) is 0 Å². The first-order valence-electron chi connectivity index (χ1n) is 6.39. The van der Waals surface area contributed by atoms with Crippen molar-refractivity contribution in [3.63, 3.8) is 0 Å². The van der Waals surface area contributed by atoms with E-state index in [1.54, 1.807) is 31.3 Å². The van der Waals surface area contributed by atoms with Crippen molar-refractivity contribution in [3.8, 4) is 0 Å². The molecule has 108 valence electrons. The Morgan fingerprint density at radius 1 is 1.50 bits per heavy atom. The number of rotatable bonds is 4. The van der Waals surface area contributed by atoms with Crippen molar-refractivity contribution < 1.29 is 8.78 Å². The van der Waals surface area contributed by atoms with Crippen molar-refractivity contribution in [2.75, 3.05) is 12.8 Å². The summed E-state index contributed by atoms with van der Waals surface area (Å²) < 4.78 is 26.3. The van der Waals surface area contributed by atoms with Gasteiger partial charge in [-0.2, -0.15) is 0 Å². The highest BCUT2D eigenvalue weighted by molar-refractivity contribution is 5.94. The van der Waals surface area contributed by atoms with Crippen molar-refractivity contribution in [1.82, 2.24) is 4.90 Å². The van der Waals surface area contributed by atoms with Crippen LogP contribution in [0.1, 0.15) is 24.3 Å². The predicted molar refractivity (Wildman–Crippen MR) is 75.5 cm³/mol. The van der Waals surface area contributed by atoms with Gasteiger partial charge < -0.3 is 10.6 Å². The molecule has 20 heavy (non-hydrogen) atoms. The second kappa shape index (κ2) is 5.19. The molecule has 1 aromatic rings. The molecule has 0 aromatic heterocycles. The summed E-state index contributed by atoms with van der Waals surface area (Å²) in [4.78, 5) is 1.34. The third-order valence-corrected chi connectivity index (χ3v) is 3.73. The van der Waals surface area contributed by atoms with Crippen molar-refractivity contribution >= 4 is 17.9 Å². The number of nitrogens with one attached hydrogen (secondary N) is 2. The number of amidine groups is 1. The van der Waals surface area contributed by atoms with Crippen molar-refractivity contribution in [1.29, 1.82) is 10.8 Å². The third kappa shape index (κ3) is 2.79.